The van der Waals surface area contributed by atoms with Crippen LogP contribution in [0.1, 0.15) is 41.5 Å². The summed E-state index contributed by atoms with van der Waals surface area (Å²) in [5, 5.41) is 3.35. The van der Waals surface area contributed by atoms with Crippen LogP contribution in [0.15, 0.2) is 72.9 Å². The van der Waals surface area contributed by atoms with Crippen molar-refractivity contribution in [1.29, 1.82) is 0 Å². The zero-order chi connectivity index (χ0) is 23.6. The third kappa shape index (κ3) is 4.91. The molecule has 0 radical (unpaired) electrons. The lowest BCUT2D eigenvalue weighted by Crippen LogP contribution is -2.17. The molecule has 0 saturated carbocycles. The van der Waals surface area contributed by atoms with Crippen molar-refractivity contribution in [2.75, 3.05) is 5.32 Å². The van der Waals surface area contributed by atoms with E-state index in [1.54, 1.807) is 36.5 Å². The monoisotopic (exact) mass is 470 g/mol. The second kappa shape index (κ2) is 9.32. The van der Waals surface area contributed by atoms with Crippen molar-refractivity contribution >= 4 is 34.1 Å². The molecule has 1 atom stereocenters. The van der Waals surface area contributed by atoms with E-state index in [0.717, 1.165) is 34.5 Å². The second-order valence-electron chi connectivity index (χ2n) is 7.85. The standard InChI is InChI=1S/C26H22ClF3N2O/c1-2-16-7-6-10-19-21(15-31-25(16)19)20(14-24(33)32-18-8-4-3-5-9-18)17-11-12-23(27)22(13-17)26(28,29)30/h3-13,15,20,31H,2,14H2,1H3,(H,32,33)/t20-/m1/s1. The van der Waals surface area contributed by atoms with Crippen LogP contribution in [-0.2, 0) is 17.4 Å². The number of benzene rings is 3. The van der Waals surface area contributed by atoms with Crippen LogP contribution in [0.2, 0.25) is 5.02 Å². The second-order valence-corrected chi connectivity index (χ2v) is 8.25. The van der Waals surface area contributed by atoms with Crippen molar-refractivity contribution < 1.29 is 18.0 Å². The number of fused-ring (bicyclic) bond motifs is 1. The minimum atomic E-state index is -4.60. The maximum Gasteiger partial charge on any atom is 0.417 e. The zero-order valence-electron chi connectivity index (χ0n) is 17.8. The summed E-state index contributed by atoms with van der Waals surface area (Å²) >= 11 is 5.85. The number of amides is 1. The largest absolute Gasteiger partial charge is 0.417 e. The van der Waals surface area contributed by atoms with Gasteiger partial charge in [-0.3, -0.25) is 4.79 Å². The van der Waals surface area contributed by atoms with Gasteiger partial charge < -0.3 is 10.3 Å². The van der Waals surface area contributed by atoms with E-state index in [-0.39, 0.29) is 17.4 Å². The van der Waals surface area contributed by atoms with Gasteiger partial charge in [0, 0.05) is 35.1 Å². The Morgan fingerprint density at radius 3 is 2.52 bits per heavy atom. The summed E-state index contributed by atoms with van der Waals surface area (Å²) in [5.74, 6) is -0.899. The lowest BCUT2D eigenvalue weighted by molar-refractivity contribution is -0.137. The van der Waals surface area contributed by atoms with Crippen LogP contribution in [0, 0.1) is 0 Å². The molecule has 0 aliphatic heterocycles. The number of aryl methyl sites for hydroxylation is 1. The maximum absolute atomic E-state index is 13.6. The summed E-state index contributed by atoms with van der Waals surface area (Å²) in [6.45, 7) is 2.04. The molecule has 0 fully saturated rings. The number of hydrogen-bond donors (Lipinski definition) is 2. The van der Waals surface area contributed by atoms with E-state index in [2.05, 4.69) is 10.3 Å². The summed E-state index contributed by atoms with van der Waals surface area (Å²) in [5.41, 5.74) is 2.87. The highest BCUT2D eigenvalue weighted by Crippen LogP contribution is 2.40. The number of anilines is 1. The number of halogens is 4. The Kier molecular flexibility index (Phi) is 6.47. The van der Waals surface area contributed by atoms with Crippen LogP contribution in [0.4, 0.5) is 18.9 Å². The highest BCUT2D eigenvalue weighted by Gasteiger charge is 2.34. The Morgan fingerprint density at radius 1 is 1.06 bits per heavy atom. The summed E-state index contributed by atoms with van der Waals surface area (Å²) in [4.78, 5) is 16.2. The van der Waals surface area contributed by atoms with E-state index in [1.165, 1.54) is 6.07 Å². The molecule has 0 aliphatic carbocycles. The third-order valence-corrected chi connectivity index (χ3v) is 6.06. The van der Waals surface area contributed by atoms with Gasteiger partial charge in [0.05, 0.1) is 10.6 Å². The lowest BCUT2D eigenvalue weighted by Gasteiger charge is -2.19. The number of carbonyl (C=O) groups excluding carboxylic acids is 1. The van der Waals surface area contributed by atoms with E-state index >= 15 is 0 Å². The Hall–Kier alpha value is -3.25. The van der Waals surface area contributed by atoms with Crippen molar-refractivity contribution in [1.82, 2.24) is 4.98 Å². The van der Waals surface area contributed by atoms with Gasteiger partial charge >= 0.3 is 6.18 Å². The van der Waals surface area contributed by atoms with Gasteiger partial charge in [0.15, 0.2) is 0 Å². The Morgan fingerprint density at radius 2 is 1.82 bits per heavy atom. The highest BCUT2D eigenvalue weighted by atomic mass is 35.5. The van der Waals surface area contributed by atoms with E-state index in [9.17, 15) is 18.0 Å². The number of hydrogen-bond acceptors (Lipinski definition) is 1. The van der Waals surface area contributed by atoms with Crippen LogP contribution in [0.25, 0.3) is 10.9 Å². The van der Waals surface area contributed by atoms with E-state index < -0.39 is 17.7 Å². The molecule has 4 rings (SSSR count). The molecule has 33 heavy (non-hydrogen) atoms. The minimum Gasteiger partial charge on any atom is -0.361 e. The molecule has 4 aromatic rings. The van der Waals surface area contributed by atoms with Gasteiger partial charge in [-0.05, 0) is 47.4 Å². The first kappa shape index (κ1) is 22.9. The molecule has 0 unspecified atom stereocenters. The average molecular weight is 471 g/mol. The topological polar surface area (TPSA) is 44.9 Å². The average Bonchev–Trinajstić information content (AvgIpc) is 3.22. The molecule has 3 aromatic carbocycles. The number of rotatable bonds is 6. The molecule has 3 nitrogen and oxygen atoms in total. The number of aromatic nitrogens is 1. The van der Waals surface area contributed by atoms with Gasteiger partial charge in [-0.15, -0.1) is 0 Å². The zero-order valence-corrected chi connectivity index (χ0v) is 18.6. The van der Waals surface area contributed by atoms with Gasteiger partial charge in [0.25, 0.3) is 0 Å². The first-order valence-corrected chi connectivity index (χ1v) is 11.0. The van der Waals surface area contributed by atoms with Crippen LogP contribution in [0.3, 0.4) is 0 Å². The van der Waals surface area contributed by atoms with E-state index in [0.29, 0.717) is 11.3 Å². The van der Waals surface area contributed by atoms with Crippen molar-refractivity contribution in [2.24, 2.45) is 0 Å². The van der Waals surface area contributed by atoms with E-state index in [4.69, 9.17) is 11.6 Å². The molecular weight excluding hydrogens is 449 g/mol. The van der Waals surface area contributed by atoms with Crippen LogP contribution >= 0.6 is 11.6 Å². The van der Waals surface area contributed by atoms with Crippen molar-refractivity contribution in [3.63, 3.8) is 0 Å². The first-order valence-electron chi connectivity index (χ1n) is 10.6. The predicted octanol–water partition coefficient (Wildman–Crippen LogP) is 7.56. The third-order valence-electron chi connectivity index (χ3n) is 5.74. The molecule has 170 valence electrons. The molecule has 0 saturated heterocycles. The van der Waals surface area contributed by atoms with Gasteiger partial charge in [0.2, 0.25) is 5.91 Å². The molecule has 0 aliphatic rings. The summed E-state index contributed by atoms with van der Waals surface area (Å²) in [7, 11) is 0. The molecule has 0 bridgehead atoms. The fourth-order valence-electron chi connectivity index (χ4n) is 4.12. The Labute approximate surface area is 194 Å². The molecule has 1 aromatic heterocycles. The first-order chi connectivity index (χ1) is 15.8. The number of nitrogens with one attached hydrogen (secondary N) is 2. The Bertz CT molecular complexity index is 1280. The fourth-order valence-corrected chi connectivity index (χ4v) is 4.35. The molecule has 2 N–H and O–H groups in total. The van der Waals surface area contributed by atoms with Crippen molar-refractivity contribution in [3.05, 3.63) is 100 Å². The normalized spacial score (nSPS) is 12.6. The molecule has 7 heteroatoms. The number of carbonyl (C=O) groups is 1. The summed E-state index contributed by atoms with van der Waals surface area (Å²) < 4.78 is 40.7. The van der Waals surface area contributed by atoms with Crippen LogP contribution < -0.4 is 5.32 Å². The summed E-state index contributed by atoms with van der Waals surface area (Å²) in [6, 6.07) is 18.6. The van der Waals surface area contributed by atoms with Gasteiger partial charge in [-0.2, -0.15) is 13.2 Å². The van der Waals surface area contributed by atoms with Gasteiger partial charge in [0.1, 0.15) is 0 Å². The lowest BCUT2D eigenvalue weighted by atomic mass is 9.86. The van der Waals surface area contributed by atoms with Crippen LogP contribution in [-0.4, -0.2) is 10.9 Å². The van der Waals surface area contributed by atoms with Crippen molar-refractivity contribution in [3.8, 4) is 0 Å². The smallest absolute Gasteiger partial charge is 0.361 e. The van der Waals surface area contributed by atoms with Crippen LogP contribution in [0.5, 0.6) is 0 Å². The molecule has 0 spiro atoms. The van der Waals surface area contributed by atoms with Gasteiger partial charge in [-0.1, -0.05) is 61.0 Å². The maximum atomic E-state index is 13.6. The molecule has 1 heterocycles. The molecule has 1 amide bonds. The summed E-state index contributed by atoms with van der Waals surface area (Å²) in [6.07, 6.45) is -2.04. The number of H-pyrrole nitrogens is 1. The number of para-hydroxylation sites is 2. The number of alkyl halides is 3. The SMILES string of the molecule is CCc1cccc2c([C@H](CC(=O)Nc3ccccc3)c3ccc(Cl)c(C(F)(F)F)c3)c[nH]c12. The quantitative estimate of drug-likeness (QED) is 0.300. The Balaban J connectivity index is 1.79. The van der Waals surface area contributed by atoms with E-state index in [1.807, 2.05) is 31.2 Å². The highest BCUT2D eigenvalue weighted by molar-refractivity contribution is 6.31. The van der Waals surface area contributed by atoms with Crippen molar-refractivity contribution in [2.45, 2.75) is 31.9 Å². The minimum absolute atomic E-state index is 0.0306. The number of aromatic amines is 1. The van der Waals surface area contributed by atoms with Gasteiger partial charge in [-0.25, -0.2) is 0 Å². The predicted molar refractivity (Wildman–Crippen MR) is 126 cm³/mol. The fraction of sp³-hybridized carbons (Fsp3) is 0.192. The molecular formula is C26H22ClF3N2O.